The summed E-state index contributed by atoms with van der Waals surface area (Å²) in [5, 5.41) is 3.95. The first-order chi connectivity index (χ1) is 13.5. The van der Waals surface area contributed by atoms with E-state index in [1.165, 1.54) is 11.3 Å². The number of nitrogens with zero attached hydrogens (tertiary/aromatic N) is 1. The van der Waals surface area contributed by atoms with Gasteiger partial charge in [0.2, 0.25) is 0 Å². The van der Waals surface area contributed by atoms with E-state index in [1.54, 1.807) is 13.0 Å². The van der Waals surface area contributed by atoms with Gasteiger partial charge >= 0.3 is 0 Å². The molecule has 5 nitrogen and oxygen atoms in total. The Hall–Kier alpha value is -2.96. The summed E-state index contributed by atoms with van der Waals surface area (Å²) in [5.41, 5.74) is 2.05. The quantitative estimate of drug-likeness (QED) is 0.509. The lowest BCUT2D eigenvalue weighted by Crippen LogP contribution is -2.13. The van der Waals surface area contributed by atoms with Crippen LogP contribution in [0.25, 0.3) is 10.2 Å². The van der Waals surface area contributed by atoms with E-state index >= 15 is 0 Å². The number of fused-ring (bicyclic) bond motifs is 1. The van der Waals surface area contributed by atoms with Crippen molar-refractivity contribution in [1.82, 2.24) is 9.97 Å². The molecule has 1 amide bonds. The maximum atomic E-state index is 12.7. The molecule has 0 saturated heterocycles. The number of anilines is 1. The van der Waals surface area contributed by atoms with E-state index in [4.69, 9.17) is 11.6 Å². The van der Waals surface area contributed by atoms with Crippen LogP contribution in [0.1, 0.15) is 26.6 Å². The molecule has 2 aromatic carbocycles. The molecule has 0 fully saturated rings. The van der Waals surface area contributed by atoms with E-state index in [0.29, 0.717) is 43.6 Å². The molecular formula is C21H16ClN3O2S. The molecule has 0 saturated carbocycles. The maximum Gasteiger partial charge on any atom is 0.266 e. The highest BCUT2D eigenvalue weighted by Gasteiger charge is 2.19. The van der Waals surface area contributed by atoms with Gasteiger partial charge in [0, 0.05) is 17.1 Å². The number of thiophene rings is 1. The minimum Gasteiger partial charge on any atom is -0.321 e. The zero-order valence-electron chi connectivity index (χ0n) is 15.0. The number of carbonyl (C=O) groups is 1. The minimum atomic E-state index is -0.248. The fourth-order valence-corrected chi connectivity index (χ4v) is 4.35. The second kappa shape index (κ2) is 7.58. The summed E-state index contributed by atoms with van der Waals surface area (Å²) >= 11 is 7.25. The van der Waals surface area contributed by atoms with E-state index in [1.807, 2.05) is 48.5 Å². The van der Waals surface area contributed by atoms with Crippen molar-refractivity contribution in [2.24, 2.45) is 0 Å². The molecule has 0 atom stereocenters. The van der Waals surface area contributed by atoms with Gasteiger partial charge in [-0.25, -0.2) is 4.98 Å². The number of aryl methyl sites for hydroxylation is 1. The molecule has 0 bridgehead atoms. The number of rotatable bonds is 4. The average Bonchev–Trinajstić information content (AvgIpc) is 2.99. The van der Waals surface area contributed by atoms with Crippen LogP contribution in [-0.4, -0.2) is 15.9 Å². The lowest BCUT2D eigenvalue weighted by Gasteiger charge is -2.03. The number of aromatic amines is 1. The molecule has 2 N–H and O–H groups in total. The van der Waals surface area contributed by atoms with Crippen LogP contribution in [0.4, 0.5) is 5.69 Å². The molecule has 0 spiro atoms. The van der Waals surface area contributed by atoms with Gasteiger partial charge in [0.05, 0.1) is 10.3 Å². The molecule has 0 radical (unpaired) electrons. The number of nitrogens with one attached hydrogen (secondary N) is 2. The Morgan fingerprint density at radius 2 is 1.96 bits per heavy atom. The zero-order chi connectivity index (χ0) is 19.7. The smallest absolute Gasteiger partial charge is 0.266 e. The first-order valence-corrected chi connectivity index (χ1v) is 9.84. The minimum absolute atomic E-state index is 0.241. The van der Waals surface area contributed by atoms with Crippen molar-refractivity contribution in [1.29, 1.82) is 0 Å². The summed E-state index contributed by atoms with van der Waals surface area (Å²) in [6, 6.07) is 16.6. The van der Waals surface area contributed by atoms with Crippen molar-refractivity contribution in [3.05, 3.63) is 91.8 Å². The molecule has 7 heteroatoms. The number of carbonyl (C=O) groups excluding carboxylic acids is 1. The summed E-state index contributed by atoms with van der Waals surface area (Å²) in [6.45, 7) is 1.77. The summed E-state index contributed by atoms with van der Waals surface area (Å²) in [4.78, 5) is 33.7. The Morgan fingerprint density at radius 1 is 1.18 bits per heavy atom. The van der Waals surface area contributed by atoms with E-state index in [0.717, 1.165) is 5.56 Å². The van der Waals surface area contributed by atoms with Gasteiger partial charge in [-0.05, 0) is 42.3 Å². The molecule has 2 aromatic heterocycles. The number of amides is 1. The van der Waals surface area contributed by atoms with E-state index < -0.39 is 0 Å². The molecule has 4 rings (SSSR count). The topological polar surface area (TPSA) is 74.8 Å². The highest BCUT2D eigenvalue weighted by molar-refractivity contribution is 7.20. The SMILES string of the molecule is Cc1c(C(=O)Nc2ccccc2)sc2nc(Cc3cccc(Cl)c3)[nH]c(=O)c12. The van der Waals surface area contributed by atoms with E-state index in [2.05, 4.69) is 15.3 Å². The molecule has 0 aliphatic carbocycles. The van der Waals surface area contributed by atoms with Crippen LogP contribution in [0.15, 0.2) is 59.4 Å². The van der Waals surface area contributed by atoms with Crippen LogP contribution in [0.2, 0.25) is 5.02 Å². The number of para-hydroxylation sites is 1. The van der Waals surface area contributed by atoms with Gasteiger partial charge in [0.15, 0.2) is 0 Å². The van der Waals surface area contributed by atoms with Gasteiger partial charge in [-0.15, -0.1) is 11.3 Å². The normalized spacial score (nSPS) is 10.9. The predicted octanol–water partition coefficient (Wildman–Crippen LogP) is 4.79. The average molecular weight is 410 g/mol. The Morgan fingerprint density at radius 3 is 2.71 bits per heavy atom. The fraction of sp³-hybridized carbons (Fsp3) is 0.0952. The first kappa shape index (κ1) is 18.4. The third-order valence-electron chi connectivity index (χ3n) is 4.35. The highest BCUT2D eigenvalue weighted by Crippen LogP contribution is 2.28. The van der Waals surface area contributed by atoms with Crippen molar-refractivity contribution < 1.29 is 4.79 Å². The maximum absolute atomic E-state index is 12.7. The number of aromatic nitrogens is 2. The van der Waals surface area contributed by atoms with Crippen LogP contribution < -0.4 is 10.9 Å². The number of hydrogen-bond donors (Lipinski definition) is 2. The second-order valence-electron chi connectivity index (χ2n) is 6.38. The Labute approximate surface area is 170 Å². The molecular weight excluding hydrogens is 394 g/mol. The van der Waals surface area contributed by atoms with Crippen molar-refractivity contribution >= 4 is 44.7 Å². The largest absolute Gasteiger partial charge is 0.321 e. The number of benzene rings is 2. The van der Waals surface area contributed by atoms with Crippen LogP contribution in [-0.2, 0) is 6.42 Å². The lowest BCUT2D eigenvalue weighted by molar-refractivity contribution is 0.103. The van der Waals surface area contributed by atoms with Gasteiger partial charge in [0.25, 0.3) is 11.5 Å². The number of halogens is 1. The van der Waals surface area contributed by atoms with Crippen LogP contribution in [0.5, 0.6) is 0 Å². The zero-order valence-corrected chi connectivity index (χ0v) is 16.5. The van der Waals surface area contributed by atoms with Gasteiger partial charge in [-0.3, -0.25) is 9.59 Å². The Kier molecular flexibility index (Phi) is 4.98. The summed E-state index contributed by atoms with van der Waals surface area (Å²) in [6.07, 6.45) is 0.453. The van der Waals surface area contributed by atoms with Gasteiger partial charge in [-0.2, -0.15) is 0 Å². The molecule has 0 aliphatic rings. The van der Waals surface area contributed by atoms with Crippen molar-refractivity contribution in [2.75, 3.05) is 5.32 Å². The first-order valence-electron chi connectivity index (χ1n) is 8.64. The second-order valence-corrected chi connectivity index (χ2v) is 7.81. The number of hydrogen-bond acceptors (Lipinski definition) is 4. The van der Waals surface area contributed by atoms with Gasteiger partial charge in [0.1, 0.15) is 10.7 Å². The van der Waals surface area contributed by atoms with Crippen molar-refractivity contribution in [2.45, 2.75) is 13.3 Å². The molecule has 28 heavy (non-hydrogen) atoms. The molecule has 0 unspecified atom stereocenters. The molecule has 140 valence electrons. The van der Waals surface area contributed by atoms with Gasteiger partial charge in [-0.1, -0.05) is 41.9 Å². The summed E-state index contributed by atoms with van der Waals surface area (Å²) < 4.78 is 0. The Balaban J connectivity index is 1.69. The third kappa shape index (κ3) is 3.69. The molecule has 0 aliphatic heterocycles. The van der Waals surface area contributed by atoms with Crippen LogP contribution in [0.3, 0.4) is 0 Å². The third-order valence-corrected chi connectivity index (χ3v) is 5.77. The summed E-state index contributed by atoms with van der Waals surface area (Å²) in [5.74, 6) is 0.290. The number of H-pyrrole nitrogens is 1. The Bertz CT molecular complexity index is 1230. The predicted molar refractivity (Wildman–Crippen MR) is 114 cm³/mol. The van der Waals surface area contributed by atoms with E-state index in [9.17, 15) is 9.59 Å². The van der Waals surface area contributed by atoms with E-state index in [-0.39, 0.29) is 11.5 Å². The molecule has 4 aromatic rings. The highest BCUT2D eigenvalue weighted by atomic mass is 35.5. The monoisotopic (exact) mass is 409 g/mol. The lowest BCUT2D eigenvalue weighted by atomic mass is 10.1. The van der Waals surface area contributed by atoms with Gasteiger partial charge < -0.3 is 10.3 Å². The molecule has 2 heterocycles. The van der Waals surface area contributed by atoms with Crippen LogP contribution >= 0.6 is 22.9 Å². The fourth-order valence-electron chi connectivity index (χ4n) is 3.04. The van der Waals surface area contributed by atoms with Crippen molar-refractivity contribution in [3.63, 3.8) is 0 Å². The standard InChI is InChI=1S/C21H16ClN3O2S/c1-12-17-19(26)24-16(11-13-6-5-7-14(22)10-13)25-21(17)28-18(12)20(27)23-15-8-3-2-4-9-15/h2-10H,11H2,1H3,(H,23,27)(H,24,25,26). The summed E-state index contributed by atoms with van der Waals surface area (Å²) in [7, 11) is 0. The van der Waals surface area contributed by atoms with Crippen LogP contribution in [0, 0.1) is 6.92 Å². The van der Waals surface area contributed by atoms with Crippen molar-refractivity contribution in [3.8, 4) is 0 Å².